The van der Waals surface area contributed by atoms with Crippen molar-refractivity contribution in [2.24, 2.45) is 11.7 Å². The normalized spacial score (nSPS) is 28.8. The molecule has 142 valence electrons. The highest BCUT2D eigenvalue weighted by molar-refractivity contribution is 5.87. The number of aliphatic hydroxyl groups excluding tert-OH is 1. The number of alkyl carbamates (subject to hydrolysis) is 1. The van der Waals surface area contributed by atoms with E-state index in [0.717, 1.165) is 24.8 Å². The molecular formula is C19H27N3O4. The van der Waals surface area contributed by atoms with Crippen molar-refractivity contribution in [3.05, 3.63) is 35.9 Å². The molecule has 2 amide bonds. The Kier molecular flexibility index (Phi) is 6.11. The molecule has 2 fully saturated rings. The van der Waals surface area contributed by atoms with Crippen LogP contribution in [-0.4, -0.2) is 53.3 Å². The first-order chi connectivity index (χ1) is 12.6. The standard InChI is InChI=1S/C19H27N3O4/c20-15-6-7-17(14(10-15)11-23)22-9-8-16(18(22)24)21-19(25)26-12-13-4-2-1-3-5-13/h1-5,14-17,23H,6-12,20H2,(H,21,25)/t14-,15+,16-,17-/m0/s1. The molecule has 0 bridgehead atoms. The van der Waals surface area contributed by atoms with Gasteiger partial charge in [0.2, 0.25) is 5.91 Å². The second kappa shape index (κ2) is 8.51. The average Bonchev–Trinajstić information content (AvgIpc) is 3.01. The summed E-state index contributed by atoms with van der Waals surface area (Å²) in [6.45, 7) is 0.780. The number of amides is 2. The number of nitrogens with zero attached hydrogens (tertiary/aromatic N) is 1. The van der Waals surface area contributed by atoms with Crippen molar-refractivity contribution in [1.29, 1.82) is 0 Å². The Morgan fingerprint density at radius 3 is 2.77 bits per heavy atom. The molecule has 1 saturated heterocycles. The quantitative estimate of drug-likeness (QED) is 0.726. The van der Waals surface area contributed by atoms with E-state index in [0.29, 0.717) is 13.0 Å². The Morgan fingerprint density at radius 2 is 2.04 bits per heavy atom. The SMILES string of the molecule is N[C@@H]1CC[C@H](N2CC[C@H](NC(=O)OCc3ccccc3)C2=O)[C@H](CO)C1. The van der Waals surface area contributed by atoms with Crippen LogP contribution < -0.4 is 11.1 Å². The lowest BCUT2D eigenvalue weighted by Crippen LogP contribution is -2.51. The van der Waals surface area contributed by atoms with E-state index in [1.54, 1.807) is 4.90 Å². The molecule has 7 nitrogen and oxygen atoms in total. The van der Waals surface area contributed by atoms with Gasteiger partial charge in [-0.05, 0) is 31.2 Å². The van der Waals surface area contributed by atoms with Crippen LogP contribution in [-0.2, 0) is 16.1 Å². The maximum absolute atomic E-state index is 12.7. The maximum Gasteiger partial charge on any atom is 0.408 e. The van der Waals surface area contributed by atoms with Crippen molar-refractivity contribution < 1.29 is 19.4 Å². The summed E-state index contributed by atoms with van der Waals surface area (Å²) in [6, 6.07) is 8.92. The van der Waals surface area contributed by atoms with Gasteiger partial charge < -0.3 is 25.8 Å². The van der Waals surface area contributed by atoms with E-state index in [1.807, 2.05) is 30.3 Å². The third kappa shape index (κ3) is 4.34. The summed E-state index contributed by atoms with van der Waals surface area (Å²) in [5, 5.41) is 12.3. The van der Waals surface area contributed by atoms with Gasteiger partial charge in [0, 0.05) is 31.2 Å². The lowest BCUT2D eigenvalue weighted by atomic mass is 9.81. The summed E-state index contributed by atoms with van der Waals surface area (Å²) in [5.41, 5.74) is 6.88. The van der Waals surface area contributed by atoms with Gasteiger partial charge in [-0.3, -0.25) is 4.79 Å². The van der Waals surface area contributed by atoms with Crippen LogP contribution in [0.5, 0.6) is 0 Å². The van der Waals surface area contributed by atoms with Crippen LogP contribution in [0.4, 0.5) is 4.79 Å². The van der Waals surface area contributed by atoms with Crippen molar-refractivity contribution >= 4 is 12.0 Å². The summed E-state index contributed by atoms with van der Waals surface area (Å²) in [7, 11) is 0. The molecule has 0 unspecified atom stereocenters. The van der Waals surface area contributed by atoms with Gasteiger partial charge in [0.1, 0.15) is 12.6 Å². The van der Waals surface area contributed by atoms with Gasteiger partial charge in [-0.25, -0.2) is 4.79 Å². The fraction of sp³-hybridized carbons (Fsp3) is 0.579. The molecular weight excluding hydrogens is 334 g/mol. The lowest BCUT2D eigenvalue weighted by molar-refractivity contribution is -0.133. The highest BCUT2D eigenvalue weighted by Crippen LogP contribution is 2.30. The van der Waals surface area contributed by atoms with Crippen molar-refractivity contribution in [2.75, 3.05) is 13.2 Å². The van der Waals surface area contributed by atoms with Crippen molar-refractivity contribution in [3.8, 4) is 0 Å². The zero-order valence-corrected chi connectivity index (χ0v) is 14.8. The molecule has 26 heavy (non-hydrogen) atoms. The second-order valence-corrected chi connectivity index (χ2v) is 7.16. The first kappa shape index (κ1) is 18.7. The van der Waals surface area contributed by atoms with Gasteiger partial charge in [-0.15, -0.1) is 0 Å². The molecule has 4 N–H and O–H groups in total. The van der Waals surface area contributed by atoms with Crippen LogP contribution in [0.15, 0.2) is 30.3 Å². The van der Waals surface area contributed by atoms with Crippen LogP contribution in [0.1, 0.15) is 31.2 Å². The molecule has 0 aromatic heterocycles. The molecule has 2 aliphatic rings. The molecule has 1 aromatic rings. The Balaban J connectivity index is 1.51. The van der Waals surface area contributed by atoms with Gasteiger partial charge >= 0.3 is 6.09 Å². The highest BCUT2D eigenvalue weighted by Gasteiger charge is 2.41. The van der Waals surface area contributed by atoms with E-state index in [9.17, 15) is 14.7 Å². The third-order valence-corrected chi connectivity index (χ3v) is 5.36. The van der Waals surface area contributed by atoms with Crippen molar-refractivity contribution in [3.63, 3.8) is 0 Å². The molecule has 1 saturated carbocycles. The maximum atomic E-state index is 12.7. The minimum absolute atomic E-state index is 0.000519. The molecule has 4 atom stereocenters. The molecule has 7 heteroatoms. The van der Waals surface area contributed by atoms with Crippen LogP contribution in [0, 0.1) is 5.92 Å². The van der Waals surface area contributed by atoms with Gasteiger partial charge in [-0.2, -0.15) is 0 Å². The van der Waals surface area contributed by atoms with E-state index in [-0.39, 0.29) is 37.1 Å². The lowest BCUT2D eigenvalue weighted by Gasteiger charge is -2.39. The van der Waals surface area contributed by atoms with Crippen molar-refractivity contribution in [2.45, 2.75) is 50.4 Å². The van der Waals surface area contributed by atoms with E-state index >= 15 is 0 Å². The fourth-order valence-electron chi connectivity index (χ4n) is 3.96. The van der Waals surface area contributed by atoms with Gasteiger partial charge in [0.25, 0.3) is 0 Å². The monoisotopic (exact) mass is 361 g/mol. The zero-order chi connectivity index (χ0) is 18.5. The molecule has 0 radical (unpaired) electrons. The molecule has 1 aliphatic carbocycles. The summed E-state index contributed by atoms with van der Waals surface area (Å²) in [6.07, 6.45) is 2.34. The number of carbonyl (C=O) groups excluding carboxylic acids is 2. The fourth-order valence-corrected chi connectivity index (χ4v) is 3.96. The zero-order valence-electron chi connectivity index (χ0n) is 14.8. The smallest absolute Gasteiger partial charge is 0.408 e. The predicted octanol–water partition coefficient (Wildman–Crippen LogP) is 1.00. The molecule has 1 heterocycles. The van der Waals surface area contributed by atoms with Crippen LogP contribution in [0.25, 0.3) is 0 Å². The van der Waals surface area contributed by atoms with Gasteiger partial charge in [0.15, 0.2) is 0 Å². The Labute approximate surface area is 153 Å². The molecule has 1 aromatic carbocycles. The second-order valence-electron chi connectivity index (χ2n) is 7.16. The number of benzene rings is 1. The molecule has 1 aliphatic heterocycles. The predicted molar refractivity (Wildman–Crippen MR) is 96.1 cm³/mol. The number of likely N-dealkylation sites (tertiary alicyclic amines) is 1. The number of hydrogen-bond donors (Lipinski definition) is 3. The Bertz CT molecular complexity index is 624. The molecule has 0 spiro atoms. The van der Waals surface area contributed by atoms with Crippen LogP contribution in [0.2, 0.25) is 0 Å². The number of ether oxygens (including phenoxy) is 1. The van der Waals surface area contributed by atoms with Crippen LogP contribution >= 0.6 is 0 Å². The van der Waals surface area contributed by atoms with E-state index in [1.165, 1.54) is 0 Å². The minimum atomic E-state index is -0.585. The third-order valence-electron chi connectivity index (χ3n) is 5.36. The van der Waals surface area contributed by atoms with Crippen molar-refractivity contribution in [1.82, 2.24) is 10.2 Å². The molecule has 3 rings (SSSR count). The van der Waals surface area contributed by atoms with E-state index in [2.05, 4.69) is 5.32 Å². The Hall–Kier alpha value is -2.12. The number of rotatable bonds is 5. The summed E-state index contributed by atoms with van der Waals surface area (Å²) in [5.74, 6) is -0.0907. The number of nitrogens with two attached hydrogens (primary N) is 1. The average molecular weight is 361 g/mol. The van der Waals surface area contributed by atoms with Crippen LogP contribution in [0.3, 0.4) is 0 Å². The number of nitrogens with one attached hydrogen (secondary N) is 1. The first-order valence-corrected chi connectivity index (χ1v) is 9.22. The van der Waals surface area contributed by atoms with Gasteiger partial charge in [0.05, 0.1) is 0 Å². The number of hydrogen-bond acceptors (Lipinski definition) is 5. The minimum Gasteiger partial charge on any atom is -0.445 e. The highest BCUT2D eigenvalue weighted by atomic mass is 16.5. The van der Waals surface area contributed by atoms with Gasteiger partial charge in [-0.1, -0.05) is 30.3 Å². The number of aliphatic hydroxyl groups is 1. The first-order valence-electron chi connectivity index (χ1n) is 9.22. The topological polar surface area (TPSA) is 105 Å². The van der Waals surface area contributed by atoms with E-state index < -0.39 is 12.1 Å². The van der Waals surface area contributed by atoms with E-state index in [4.69, 9.17) is 10.5 Å². The summed E-state index contributed by atoms with van der Waals surface area (Å²) >= 11 is 0. The largest absolute Gasteiger partial charge is 0.445 e. The summed E-state index contributed by atoms with van der Waals surface area (Å²) in [4.78, 5) is 26.5. The summed E-state index contributed by atoms with van der Waals surface area (Å²) < 4.78 is 5.20. The Morgan fingerprint density at radius 1 is 1.27 bits per heavy atom. The number of carbonyl (C=O) groups is 2.